The van der Waals surface area contributed by atoms with E-state index in [0.29, 0.717) is 18.3 Å². The van der Waals surface area contributed by atoms with Crippen molar-refractivity contribution in [2.75, 3.05) is 10.6 Å². The third-order valence-corrected chi connectivity index (χ3v) is 4.70. The Morgan fingerprint density at radius 1 is 1.14 bits per heavy atom. The zero-order chi connectivity index (χ0) is 19.5. The monoisotopic (exact) mass is 373 g/mol. The fourth-order valence-corrected chi connectivity index (χ4v) is 3.25. The minimum atomic E-state index is -0.114. The van der Waals surface area contributed by atoms with E-state index in [1.807, 2.05) is 29.8 Å². The van der Waals surface area contributed by atoms with Gasteiger partial charge in [-0.05, 0) is 30.5 Å². The van der Waals surface area contributed by atoms with Gasteiger partial charge in [0.25, 0.3) is 5.95 Å². The molecule has 1 atom stereocenters. The normalized spacial score (nSPS) is 15.4. The van der Waals surface area contributed by atoms with Crippen molar-refractivity contribution in [1.29, 1.82) is 0 Å². The Morgan fingerprint density at radius 2 is 1.89 bits per heavy atom. The lowest BCUT2D eigenvalue weighted by Crippen LogP contribution is -2.20. The van der Waals surface area contributed by atoms with Crippen LogP contribution in [0.5, 0.6) is 0 Å². The van der Waals surface area contributed by atoms with Gasteiger partial charge in [0.2, 0.25) is 11.9 Å². The number of nitrogens with one attached hydrogen (secondary N) is 2. The fourth-order valence-electron chi connectivity index (χ4n) is 3.25. The number of aromatic nitrogens is 3. The van der Waals surface area contributed by atoms with Gasteiger partial charge in [0, 0.05) is 12.1 Å². The second kappa shape index (κ2) is 7.68. The first kappa shape index (κ1) is 18.0. The zero-order valence-corrected chi connectivity index (χ0v) is 16.0. The number of hydrogen-bond donors (Lipinski definition) is 2. The molecule has 6 nitrogen and oxygen atoms in total. The highest BCUT2D eigenvalue weighted by molar-refractivity contribution is 5.89. The predicted octanol–water partition coefficient (Wildman–Crippen LogP) is 4.38. The van der Waals surface area contributed by atoms with Gasteiger partial charge in [-0.2, -0.15) is 4.98 Å². The van der Waals surface area contributed by atoms with E-state index >= 15 is 0 Å². The number of carbonyl (C=O) groups is 1. The largest absolute Gasteiger partial charge is 0.324 e. The molecule has 0 saturated heterocycles. The van der Waals surface area contributed by atoms with E-state index in [1.54, 1.807) is 0 Å². The van der Waals surface area contributed by atoms with Crippen LogP contribution in [-0.2, 0) is 4.79 Å². The summed E-state index contributed by atoms with van der Waals surface area (Å²) in [6.07, 6.45) is 3.37. The third-order valence-electron chi connectivity index (χ3n) is 4.70. The number of hydrogen-bond acceptors (Lipinski definition) is 4. The van der Waals surface area contributed by atoms with Crippen molar-refractivity contribution in [2.24, 2.45) is 0 Å². The molecule has 142 valence electrons. The SMILES string of the molecule is CCCC(=O)Nc1nc2n(n1)[C@@H](c1ccc(C)cc1)C=C(c1ccccc1)N2. The lowest BCUT2D eigenvalue weighted by molar-refractivity contribution is -0.116. The molecule has 2 heterocycles. The highest BCUT2D eigenvalue weighted by Crippen LogP contribution is 2.33. The Hall–Kier alpha value is -3.41. The quantitative estimate of drug-likeness (QED) is 0.696. The number of carbonyl (C=O) groups excluding carboxylic acids is 1. The molecule has 2 aromatic carbocycles. The number of nitrogens with zero attached hydrogens (tertiary/aromatic N) is 3. The molecule has 4 rings (SSSR count). The molecule has 1 aliphatic heterocycles. The first-order chi connectivity index (χ1) is 13.6. The second-order valence-corrected chi connectivity index (χ2v) is 6.93. The maximum atomic E-state index is 12.0. The van der Waals surface area contributed by atoms with Gasteiger partial charge in [-0.3, -0.25) is 10.1 Å². The Morgan fingerprint density at radius 3 is 2.61 bits per heavy atom. The lowest BCUT2D eigenvalue weighted by atomic mass is 10.0. The molecule has 3 aromatic rings. The highest BCUT2D eigenvalue weighted by Gasteiger charge is 2.25. The molecular formula is C22H23N5O. The maximum Gasteiger partial charge on any atom is 0.250 e. The number of aryl methyl sites for hydroxylation is 1. The first-order valence-corrected chi connectivity index (χ1v) is 9.51. The predicted molar refractivity (Wildman–Crippen MR) is 111 cm³/mol. The van der Waals surface area contributed by atoms with Crippen LogP contribution in [0.4, 0.5) is 11.9 Å². The van der Waals surface area contributed by atoms with E-state index in [2.05, 4.69) is 70.1 Å². The number of rotatable bonds is 5. The van der Waals surface area contributed by atoms with Crippen molar-refractivity contribution in [3.8, 4) is 0 Å². The molecule has 0 radical (unpaired) electrons. The standard InChI is InChI=1S/C22H23N5O/c1-3-7-20(28)24-21-25-22-23-18(16-8-5-4-6-9-16)14-19(27(22)26-21)17-12-10-15(2)11-13-17/h4-6,8-14,19H,3,7H2,1-2H3,(H2,23,24,25,26,28)/t19-/m1/s1. The summed E-state index contributed by atoms with van der Waals surface area (Å²) in [5.74, 6) is 0.855. The summed E-state index contributed by atoms with van der Waals surface area (Å²) < 4.78 is 1.82. The van der Waals surface area contributed by atoms with Crippen molar-refractivity contribution in [3.63, 3.8) is 0 Å². The van der Waals surface area contributed by atoms with Crippen LogP contribution in [0.1, 0.15) is 42.5 Å². The maximum absolute atomic E-state index is 12.0. The van der Waals surface area contributed by atoms with Crippen LogP contribution in [0.3, 0.4) is 0 Å². The minimum Gasteiger partial charge on any atom is -0.324 e. The first-order valence-electron chi connectivity index (χ1n) is 9.51. The Bertz CT molecular complexity index is 1010. The van der Waals surface area contributed by atoms with Gasteiger partial charge in [-0.1, -0.05) is 67.1 Å². The van der Waals surface area contributed by atoms with Crippen LogP contribution in [0.2, 0.25) is 0 Å². The van der Waals surface area contributed by atoms with Gasteiger partial charge in [-0.25, -0.2) is 4.68 Å². The van der Waals surface area contributed by atoms with Crippen LogP contribution < -0.4 is 10.6 Å². The number of amides is 1. The smallest absolute Gasteiger partial charge is 0.250 e. The summed E-state index contributed by atoms with van der Waals surface area (Å²) in [6.45, 7) is 4.04. The minimum absolute atomic E-state index is 0.0754. The van der Waals surface area contributed by atoms with Crippen molar-refractivity contribution in [3.05, 3.63) is 77.4 Å². The molecule has 0 fully saturated rings. The lowest BCUT2D eigenvalue weighted by Gasteiger charge is -2.24. The van der Waals surface area contributed by atoms with E-state index in [-0.39, 0.29) is 11.9 Å². The average molecular weight is 373 g/mol. The second-order valence-electron chi connectivity index (χ2n) is 6.93. The summed E-state index contributed by atoms with van der Waals surface area (Å²) in [5, 5.41) is 10.7. The van der Waals surface area contributed by atoms with Crippen molar-refractivity contribution in [1.82, 2.24) is 14.8 Å². The van der Waals surface area contributed by atoms with Gasteiger partial charge in [0.1, 0.15) is 6.04 Å². The number of benzene rings is 2. The molecule has 0 saturated carbocycles. The van der Waals surface area contributed by atoms with Crippen molar-refractivity contribution < 1.29 is 4.79 Å². The van der Waals surface area contributed by atoms with E-state index in [1.165, 1.54) is 5.56 Å². The van der Waals surface area contributed by atoms with E-state index in [9.17, 15) is 4.79 Å². The van der Waals surface area contributed by atoms with E-state index in [4.69, 9.17) is 0 Å². The summed E-state index contributed by atoms with van der Waals surface area (Å²) >= 11 is 0. The summed E-state index contributed by atoms with van der Waals surface area (Å²) in [6, 6.07) is 18.4. The molecule has 0 unspecified atom stereocenters. The molecule has 0 spiro atoms. The van der Waals surface area contributed by atoms with Crippen LogP contribution in [0.25, 0.3) is 5.70 Å². The van der Waals surface area contributed by atoms with Crippen LogP contribution >= 0.6 is 0 Å². The summed E-state index contributed by atoms with van der Waals surface area (Å²) in [7, 11) is 0. The molecule has 0 bridgehead atoms. The molecule has 0 aliphatic carbocycles. The number of fused-ring (bicyclic) bond motifs is 1. The number of allylic oxidation sites excluding steroid dienone is 1. The van der Waals surface area contributed by atoms with Crippen molar-refractivity contribution >= 4 is 23.5 Å². The molecule has 1 amide bonds. The summed E-state index contributed by atoms with van der Waals surface area (Å²) in [4.78, 5) is 16.5. The van der Waals surface area contributed by atoms with Gasteiger partial charge in [0.05, 0.1) is 0 Å². The Labute approximate surface area is 164 Å². The molecule has 1 aromatic heterocycles. The van der Waals surface area contributed by atoms with Crippen LogP contribution in [0, 0.1) is 6.92 Å². The summed E-state index contributed by atoms with van der Waals surface area (Å²) in [5.41, 5.74) is 4.36. The topological polar surface area (TPSA) is 71.8 Å². The van der Waals surface area contributed by atoms with E-state index < -0.39 is 0 Å². The molecular weight excluding hydrogens is 350 g/mol. The zero-order valence-electron chi connectivity index (χ0n) is 16.0. The molecule has 28 heavy (non-hydrogen) atoms. The average Bonchev–Trinajstić information content (AvgIpc) is 3.11. The van der Waals surface area contributed by atoms with Crippen LogP contribution in [0.15, 0.2) is 60.7 Å². The van der Waals surface area contributed by atoms with E-state index in [0.717, 1.165) is 23.2 Å². The highest BCUT2D eigenvalue weighted by atomic mass is 16.1. The Kier molecular flexibility index (Phi) is 4.93. The van der Waals surface area contributed by atoms with Gasteiger partial charge in [0.15, 0.2) is 0 Å². The van der Waals surface area contributed by atoms with Crippen LogP contribution in [-0.4, -0.2) is 20.7 Å². The van der Waals surface area contributed by atoms with Gasteiger partial charge in [-0.15, -0.1) is 5.10 Å². The van der Waals surface area contributed by atoms with Crippen molar-refractivity contribution in [2.45, 2.75) is 32.7 Å². The van der Waals surface area contributed by atoms with Gasteiger partial charge >= 0.3 is 0 Å². The van der Waals surface area contributed by atoms with Gasteiger partial charge < -0.3 is 5.32 Å². The third kappa shape index (κ3) is 3.67. The Balaban J connectivity index is 1.73. The fraction of sp³-hybridized carbons (Fsp3) is 0.227. The molecule has 6 heteroatoms. The number of anilines is 2. The molecule has 1 aliphatic rings. The molecule has 2 N–H and O–H groups in total.